The molecule has 0 aromatic carbocycles. The molecule has 1 aliphatic carbocycles. The maximum Gasteiger partial charge on any atom is 0.306 e. The normalized spacial score (nSPS) is 28.5. The van der Waals surface area contributed by atoms with Crippen LogP contribution in [0.25, 0.3) is 0 Å². The van der Waals surface area contributed by atoms with Gasteiger partial charge < -0.3 is 10.2 Å². The van der Waals surface area contributed by atoms with E-state index in [0.717, 1.165) is 27.1 Å². The van der Waals surface area contributed by atoms with E-state index in [0.29, 0.717) is 12.3 Å². The molecule has 1 heterocycles. The van der Waals surface area contributed by atoms with E-state index in [9.17, 15) is 15.0 Å². The molecule has 1 aromatic rings. The average Bonchev–Trinajstić information content (AvgIpc) is 2.93. The van der Waals surface area contributed by atoms with Crippen LogP contribution in [0.15, 0.2) is 10.5 Å². The zero-order valence-electron chi connectivity index (χ0n) is 11.1. The third-order valence-electron chi connectivity index (χ3n) is 4.18. The Morgan fingerprint density at radius 3 is 2.74 bits per heavy atom. The molecule has 4 unspecified atom stereocenters. The minimum absolute atomic E-state index is 0.160. The molecule has 0 amide bonds. The molecular formula is C14H19BrO3S. The summed E-state index contributed by atoms with van der Waals surface area (Å²) >= 11 is 4.99. The van der Waals surface area contributed by atoms with Crippen LogP contribution >= 0.6 is 27.3 Å². The molecule has 19 heavy (non-hydrogen) atoms. The number of thiophene rings is 1. The molecule has 5 heteroatoms. The third-order valence-corrected chi connectivity index (χ3v) is 6.38. The maximum atomic E-state index is 11.4. The van der Waals surface area contributed by atoms with E-state index >= 15 is 0 Å². The lowest BCUT2D eigenvalue weighted by Gasteiger charge is -2.21. The van der Waals surface area contributed by atoms with Gasteiger partial charge in [0.25, 0.3) is 0 Å². The topological polar surface area (TPSA) is 57.5 Å². The molecule has 1 saturated carbocycles. The highest BCUT2D eigenvalue weighted by Gasteiger charge is 2.42. The molecule has 3 nitrogen and oxygen atoms in total. The van der Waals surface area contributed by atoms with Gasteiger partial charge in [-0.1, -0.05) is 13.3 Å². The van der Waals surface area contributed by atoms with Gasteiger partial charge in [0, 0.05) is 20.1 Å². The number of carboxylic acid groups (broad SMARTS) is 1. The highest BCUT2D eigenvalue weighted by Crippen LogP contribution is 2.46. The fourth-order valence-corrected chi connectivity index (χ4v) is 4.61. The van der Waals surface area contributed by atoms with Gasteiger partial charge in [-0.3, -0.25) is 4.79 Å². The van der Waals surface area contributed by atoms with Crippen LogP contribution in [-0.4, -0.2) is 16.2 Å². The molecule has 4 atom stereocenters. The second-order valence-electron chi connectivity index (χ2n) is 5.35. The Labute approximate surface area is 125 Å². The number of carbonyl (C=O) groups is 1. The maximum absolute atomic E-state index is 11.4. The van der Waals surface area contributed by atoms with E-state index in [1.807, 2.05) is 13.0 Å². The van der Waals surface area contributed by atoms with E-state index in [2.05, 4.69) is 22.9 Å². The lowest BCUT2D eigenvalue weighted by atomic mass is 9.90. The molecule has 1 aliphatic rings. The lowest BCUT2D eigenvalue weighted by molar-refractivity contribution is -0.144. The van der Waals surface area contributed by atoms with Gasteiger partial charge in [-0.05, 0) is 47.7 Å². The van der Waals surface area contributed by atoms with Gasteiger partial charge in [0.05, 0.1) is 12.0 Å². The van der Waals surface area contributed by atoms with Gasteiger partial charge in [-0.2, -0.15) is 0 Å². The number of hydrogen-bond acceptors (Lipinski definition) is 3. The highest BCUT2D eigenvalue weighted by atomic mass is 79.9. The Balaban J connectivity index is 2.21. The number of rotatable bonds is 4. The van der Waals surface area contributed by atoms with Crippen molar-refractivity contribution in [2.45, 2.75) is 39.2 Å². The van der Waals surface area contributed by atoms with Gasteiger partial charge in [-0.25, -0.2) is 0 Å². The summed E-state index contributed by atoms with van der Waals surface area (Å²) in [6.45, 7) is 4.08. The summed E-state index contributed by atoms with van der Waals surface area (Å²) in [5.41, 5.74) is 0. The predicted octanol–water partition coefficient (Wildman–Crippen LogP) is 3.99. The van der Waals surface area contributed by atoms with E-state index < -0.39 is 18.0 Å². The van der Waals surface area contributed by atoms with Gasteiger partial charge in [0.15, 0.2) is 0 Å². The molecule has 2 rings (SSSR count). The fraction of sp³-hybridized carbons (Fsp3) is 0.643. The number of halogens is 1. The van der Waals surface area contributed by atoms with Crippen LogP contribution in [0.4, 0.5) is 0 Å². The van der Waals surface area contributed by atoms with Crippen LogP contribution in [0, 0.1) is 24.7 Å². The standard InChI is InChI=1S/C14H19BrO3S/c1-3-8-4-9(10(5-8)14(17)18)13(16)12-6-11(15)7(2)19-12/h6,8-10,13,16H,3-5H2,1-2H3,(H,17,18). The smallest absolute Gasteiger partial charge is 0.306 e. The summed E-state index contributed by atoms with van der Waals surface area (Å²) in [4.78, 5) is 13.4. The van der Waals surface area contributed by atoms with Crippen molar-refractivity contribution in [1.29, 1.82) is 0 Å². The van der Waals surface area contributed by atoms with Gasteiger partial charge in [0.2, 0.25) is 0 Å². The Kier molecular flexibility index (Phi) is 4.69. The van der Waals surface area contributed by atoms with Gasteiger partial charge in [0.1, 0.15) is 0 Å². The van der Waals surface area contributed by atoms with Crippen LogP contribution < -0.4 is 0 Å². The summed E-state index contributed by atoms with van der Waals surface area (Å²) in [6.07, 6.45) is 1.83. The quantitative estimate of drug-likeness (QED) is 0.866. The van der Waals surface area contributed by atoms with E-state index in [1.165, 1.54) is 0 Å². The summed E-state index contributed by atoms with van der Waals surface area (Å²) in [5.74, 6) is -0.925. The van der Waals surface area contributed by atoms with E-state index in [-0.39, 0.29) is 5.92 Å². The van der Waals surface area contributed by atoms with E-state index in [1.54, 1.807) is 11.3 Å². The zero-order chi connectivity index (χ0) is 14.2. The Hall–Kier alpha value is -0.390. The Morgan fingerprint density at radius 2 is 2.26 bits per heavy atom. The van der Waals surface area contributed by atoms with Crippen LogP contribution in [0.3, 0.4) is 0 Å². The van der Waals surface area contributed by atoms with Gasteiger partial charge >= 0.3 is 5.97 Å². The van der Waals surface area contributed by atoms with Crippen molar-refractivity contribution in [3.63, 3.8) is 0 Å². The van der Waals surface area contributed by atoms with Crippen molar-refractivity contribution < 1.29 is 15.0 Å². The van der Waals surface area contributed by atoms with Crippen LogP contribution in [-0.2, 0) is 4.79 Å². The molecule has 0 spiro atoms. The van der Waals surface area contributed by atoms with Crippen molar-refractivity contribution in [3.05, 3.63) is 20.3 Å². The fourth-order valence-electron chi connectivity index (χ4n) is 2.98. The van der Waals surface area contributed by atoms with Crippen LogP contribution in [0.1, 0.15) is 42.0 Å². The first-order valence-corrected chi connectivity index (χ1v) is 8.21. The predicted molar refractivity (Wildman–Crippen MR) is 79.3 cm³/mol. The van der Waals surface area contributed by atoms with Gasteiger partial charge in [-0.15, -0.1) is 11.3 Å². The molecule has 0 radical (unpaired) electrons. The minimum Gasteiger partial charge on any atom is -0.481 e. The van der Waals surface area contributed by atoms with Crippen molar-refractivity contribution >= 4 is 33.2 Å². The molecule has 0 saturated heterocycles. The molecule has 1 aromatic heterocycles. The largest absolute Gasteiger partial charge is 0.481 e. The molecule has 0 aliphatic heterocycles. The lowest BCUT2D eigenvalue weighted by Crippen LogP contribution is -2.23. The Morgan fingerprint density at radius 1 is 1.58 bits per heavy atom. The molecule has 1 fully saturated rings. The van der Waals surface area contributed by atoms with Crippen molar-refractivity contribution in [1.82, 2.24) is 0 Å². The summed E-state index contributed by atoms with van der Waals surface area (Å²) in [6, 6.07) is 1.92. The third kappa shape index (κ3) is 3.03. The molecule has 106 valence electrons. The second kappa shape index (κ2) is 5.94. The number of carboxylic acids is 1. The number of hydrogen-bond donors (Lipinski definition) is 2. The average molecular weight is 347 g/mol. The van der Waals surface area contributed by atoms with Crippen molar-refractivity contribution in [3.8, 4) is 0 Å². The van der Waals surface area contributed by atoms with E-state index in [4.69, 9.17) is 0 Å². The molecule has 0 bridgehead atoms. The molecular weight excluding hydrogens is 328 g/mol. The number of aliphatic hydroxyl groups is 1. The Bertz CT molecular complexity index is 452. The first kappa shape index (κ1) is 15.0. The summed E-state index contributed by atoms with van der Waals surface area (Å²) < 4.78 is 0.989. The monoisotopic (exact) mass is 346 g/mol. The first-order valence-electron chi connectivity index (χ1n) is 6.60. The SMILES string of the molecule is CCC1CC(C(=O)O)C(C(O)c2cc(Br)c(C)s2)C1. The van der Waals surface area contributed by atoms with Crippen LogP contribution in [0.2, 0.25) is 0 Å². The number of aliphatic hydroxyl groups excluding tert-OH is 1. The van der Waals surface area contributed by atoms with Crippen LogP contribution in [0.5, 0.6) is 0 Å². The summed E-state index contributed by atoms with van der Waals surface area (Å²) in [7, 11) is 0. The highest BCUT2D eigenvalue weighted by molar-refractivity contribution is 9.10. The second-order valence-corrected chi connectivity index (χ2v) is 7.49. The van der Waals surface area contributed by atoms with Crippen molar-refractivity contribution in [2.75, 3.05) is 0 Å². The number of aryl methyl sites for hydroxylation is 1. The van der Waals surface area contributed by atoms with Crippen molar-refractivity contribution in [2.24, 2.45) is 17.8 Å². The minimum atomic E-state index is -0.771. The number of aliphatic carboxylic acids is 1. The molecule has 2 N–H and O–H groups in total. The summed E-state index contributed by atoms with van der Waals surface area (Å²) in [5, 5.41) is 19.9. The first-order chi connectivity index (χ1) is 8.93. The zero-order valence-corrected chi connectivity index (χ0v) is 13.5.